The topological polar surface area (TPSA) is 24.5 Å². The van der Waals surface area contributed by atoms with Crippen LogP contribution >= 0.6 is 23.2 Å². The van der Waals surface area contributed by atoms with E-state index in [9.17, 15) is 0 Å². The van der Waals surface area contributed by atoms with Crippen molar-refractivity contribution in [3.05, 3.63) is 58.1 Å². The fourth-order valence-electron chi connectivity index (χ4n) is 2.97. The van der Waals surface area contributed by atoms with Gasteiger partial charge in [0.25, 0.3) is 0 Å². The molecule has 128 valence electrons. The number of para-hydroxylation sites is 1. The van der Waals surface area contributed by atoms with Gasteiger partial charge in [0.15, 0.2) is 0 Å². The number of hydrogen-bond donors (Lipinski definition) is 1. The summed E-state index contributed by atoms with van der Waals surface area (Å²) in [6.07, 6.45) is 1.32. The maximum atomic E-state index is 6.21. The second kappa shape index (κ2) is 8.21. The predicted octanol–water partition coefficient (Wildman–Crippen LogP) is 5.52. The fourth-order valence-corrected chi connectivity index (χ4v) is 3.46. The summed E-state index contributed by atoms with van der Waals surface area (Å²) in [5, 5.41) is 4.50. The molecule has 0 saturated carbocycles. The smallest absolute Gasteiger partial charge is 0.0952 e. The molecule has 0 bridgehead atoms. The molecule has 1 aliphatic heterocycles. The molecule has 0 aromatic heterocycles. The third kappa shape index (κ3) is 4.22. The Balaban J connectivity index is 1.69. The van der Waals surface area contributed by atoms with Gasteiger partial charge in [0.2, 0.25) is 0 Å². The van der Waals surface area contributed by atoms with E-state index in [2.05, 4.69) is 29.3 Å². The molecule has 0 aliphatic carbocycles. The number of ether oxygens (including phenoxy) is 1. The SMILES string of the molecule is CCCN1CCOC(c2ccc(Nc3c(Cl)cccc3Cl)cc2)C1. The standard InChI is InChI=1S/C19H22Cl2N2O/c1-2-10-23-11-12-24-18(13-23)14-6-8-15(9-7-14)22-19-16(20)4-3-5-17(19)21/h3-9,18,22H,2,10-13H2,1H3. The lowest BCUT2D eigenvalue weighted by Crippen LogP contribution is -2.38. The van der Waals surface area contributed by atoms with Gasteiger partial charge in [-0.2, -0.15) is 0 Å². The van der Waals surface area contributed by atoms with Crippen LogP contribution in [0.2, 0.25) is 10.0 Å². The van der Waals surface area contributed by atoms with Crippen molar-refractivity contribution in [2.75, 3.05) is 31.6 Å². The molecule has 0 radical (unpaired) electrons. The molecule has 3 nitrogen and oxygen atoms in total. The van der Waals surface area contributed by atoms with Gasteiger partial charge in [-0.1, -0.05) is 48.3 Å². The zero-order chi connectivity index (χ0) is 16.9. The normalized spacial score (nSPS) is 18.5. The minimum atomic E-state index is 0.142. The summed E-state index contributed by atoms with van der Waals surface area (Å²) in [4.78, 5) is 2.46. The van der Waals surface area contributed by atoms with Crippen LogP contribution in [0.15, 0.2) is 42.5 Å². The average molecular weight is 365 g/mol. The average Bonchev–Trinajstić information content (AvgIpc) is 2.59. The Morgan fingerprint density at radius 2 is 1.83 bits per heavy atom. The molecule has 24 heavy (non-hydrogen) atoms. The maximum Gasteiger partial charge on any atom is 0.0952 e. The quantitative estimate of drug-likeness (QED) is 0.755. The van der Waals surface area contributed by atoms with E-state index < -0.39 is 0 Å². The zero-order valence-electron chi connectivity index (χ0n) is 13.8. The zero-order valence-corrected chi connectivity index (χ0v) is 15.3. The lowest BCUT2D eigenvalue weighted by molar-refractivity contribution is -0.0298. The highest BCUT2D eigenvalue weighted by molar-refractivity contribution is 6.39. The Morgan fingerprint density at radius 1 is 1.12 bits per heavy atom. The van der Waals surface area contributed by atoms with Crippen LogP contribution in [0.25, 0.3) is 0 Å². The summed E-state index contributed by atoms with van der Waals surface area (Å²) in [5.74, 6) is 0. The van der Waals surface area contributed by atoms with E-state index in [0.717, 1.165) is 37.6 Å². The number of nitrogens with zero attached hydrogens (tertiary/aromatic N) is 1. The number of anilines is 2. The first-order chi connectivity index (χ1) is 11.7. The molecule has 1 heterocycles. The van der Waals surface area contributed by atoms with Gasteiger partial charge in [-0.05, 0) is 42.8 Å². The van der Waals surface area contributed by atoms with Crippen molar-refractivity contribution < 1.29 is 4.74 Å². The highest BCUT2D eigenvalue weighted by Crippen LogP contribution is 2.33. The van der Waals surface area contributed by atoms with Gasteiger partial charge in [0.05, 0.1) is 28.4 Å². The monoisotopic (exact) mass is 364 g/mol. The lowest BCUT2D eigenvalue weighted by Gasteiger charge is -2.33. The molecule has 1 atom stereocenters. The molecule has 3 rings (SSSR count). The number of hydrogen-bond acceptors (Lipinski definition) is 3. The van der Waals surface area contributed by atoms with Crippen LogP contribution in [-0.2, 0) is 4.74 Å². The number of nitrogens with one attached hydrogen (secondary N) is 1. The first kappa shape index (κ1) is 17.6. The van der Waals surface area contributed by atoms with E-state index in [1.165, 1.54) is 12.0 Å². The van der Waals surface area contributed by atoms with Crippen molar-refractivity contribution in [1.29, 1.82) is 0 Å². The van der Waals surface area contributed by atoms with Gasteiger partial charge in [-0.15, -0.1) is 0 Å². The van der Waals surface area contributed by atoms with Crippen LogP contribution in [0, 0.1) is 0 Å². The van der Waals surface area contributed by atoms with Crippen molar-refractivity contribution in [1.82, 2.24) is 4.90 Å². The number of halogens is 2. The number of benzene rings is 2. The Morgan fingerprint density at radius 3 is 2.50 bits per heavy atom. The molecule has 1 N–H and O–H groups in total. The predicted molar refractivity (Wildman–Crippen MR) is 102 cm³/mol. The van der Waals surface area contributed by atoms with Crippen LogP contribution in [0.4, 0.5) is 11.4 Å². The lowest BCUT2D eigenvalue weighted by atomic mass is 10.1. The van der Waals surface area contributed by atoms with Crippen LogP contribution in [0.5, 0.6) is 0 Å². The summed E-state index contributed by atoms with van der Waals surface area (Å²) in [6.45, 7) is 6.11. The van der Waals surface area contributed by atoms with Crippen molar-refractivity contribution >= 4 is 34.6 Å². The molecular formula is C19H22Cl2N2O. The highest BCUT2D eigenvalue weighted by Gasteiger charge is 2.21. The van der Waals surface area contributed by atoms with Gasteiger partial charge in [-0.25, -0.2) is 0 Å². The molecule has 1 saturated heterocycles. The molecule has 1 fully saturated rings. The van der Waals surface area contributed by atoms with Gasteiger partial charge in [0.1, 0.15) is 0 Å². The van der Waals surface area contributed by atoms with Crippen LogP contribution in [0.1, 0.15) is 25.0 Å². The van der Waals surface area contributed by atoms with Gasteiger partial charge in [0, 0.05) is 18.8 Å². The third-order valence-electron chi connectivity index (χ3n) is 4.20. The van der Waals surface area contributed by atoms with Crippen molar-refractivity contribution in [2.45, 2.75) is 19.4 Å². The van der Waals surface area contributed by atoms with Gasteiger partial charge in [-0.3, -0.25) is 4.90 Å². The molecule has 0 amide bonds. The molecule has 2 aromatic rings. The Bertz CT molecular complexity index is 653. The number of rotatable bonds is 5. The highest BCUT2D eigenvalue weighted by atomic mass is 35.5. The second-order valence-electron chi connectivity index (χ2n) is 6.00. The first-order valence-electron chi connectivity index (χ1n) is 8.32. The molecule has 0 spiro atoms. The minimum Gasteiger partial charge on any atom is -0.371 e. The van der Waals surface area contributed by atoms with E-state index in [0.29, 0.717) is 10.0 Å². The Kier molecular flexibility index (Phi) is 6.01. The van der Waals surface area contributed by atoms with E-state index in [4.69, 9.17) is 27.9 Å². The van der Waals surface area contributed by atoms with E-state index in [-0.39, 0.29) is 6.10 Å². The Labute approximate surface area is 153 Å². The van der Waals surface area contributed by atoms with Gasteiger partial charge >= 0.3 is 0 Å². The Hall–Kier alpha value is -1.26. The largest absolute Gasteiger partial charge is 0.371 e. The summed E-state index contributed by atoms with van der Waals surface area (Å²) in [5.41, 5.74) is 2.89. The van der Waals surface area contributed by atoms with Crippen molar-refractivity contribution in [3.8, 4) is 0 Å². The molecule has 5 heteroatoms. The molecule has 2 aromatic carbocycles. The second-order valence-corrected chi connectivity index (χ2v) is 6.82. The molecule has 1 aliphatic rings. The minimum absolute atomic E-state index is 0.142. The van der Waals surface area contributed by atoms with E-state index in [1.807, 2.05) is 30.3 Å². The van der Waals surface area contributed by atoms with E-state index in [1.54, 1.807) is 0 Å². The summed E-state index contributed by atoms with van der Waals surface area (Å²) in [7, 11) is 0. The molecule has 1 unspecified atom stereocenters. The summed E-state index contributed by atoms with van der Waals surface area (Å²) >= 11 is 12.4. The maximum absolute atomic E-state index is 6.21. The molecular weight excluding hydrogens is 343 g/mol. The van der Waals surface area contributed by atoms with Gasteiger partial charge < -0.3 is 10.1 Å². The summed E-state index contributed by atoms with van der Waals surface area (Å²) < 4.78 is 5.93. The van der Waals surface area contributed by atoms with Crippen LogP contribution in [-0.4, -0.2) is 31.1 Å². The van der Waals surface area contributed by atoms with Crippen LogP contribution < -0.4 is 5.32 Å². The third-order valence-corrected chi connectivity index (χ3v) is 4.83. The van der Waals surface area contributed by atoms with Crippen LogP contribution in [0.3, 0.4) is 0 Å². The number of morpholine rings is 1. The van der Waals surface area contributed by atoms with Crippen molar-refractivity contribution in [2.24, 2.45) is 0 Å². The fraction of sp³-hybridized carbons (Fsp3) is 0.368. The summed E-state index contributed by atoms with van der Waals surface area (Å²) in [6, 6.07) is 13.8. The first-order valence-corrected chi connectivity index (χ1v) is 9.08. The van der Waals surface area contributed by atoms with Crippen molar-refractivity contribution in [3.63, 3.8) is 0 Å². The van der Waals surface area contributed by atoms with E-state index >= 15 is 0 Å².